The molecule has 1 aliphatic rings. The number of benzene rings is 1. The number of rotatable bonds is 6. The molecule has 0 spiro atoms. The van der Waals surface area contributed by atoms with Crippen LogP contribution in [0.1, 0.15) is 6.42 Å². The van der Waals surface area contributed by atoms with Gasteiger partial charge in [0.15, 0.2) is 11.6 Å². The van der Waals surface area contributed by atoms with Gasteiger partial charge in [0.25, 0.3) is 0 Å². The number of halogens is 3. The molecule has 2 rings (SSSR count). The minimum absolute atomic E-state index is 0.200. The average Bonchev–Trinajstić information content (AvgIpc) is 2.39. The van der Waals surface area contributed by atoms with E-state index in [4.69, 9.17) is 14.2 Å². The van der Waals surface area contributed by atoms with Gasteiger partial charge in [-0.3, -0.25) is 0 Å². The number of hydrogen-bond donors (Lipinski definition) is 1. The molecule has 112 valence electrons. The highest BCUT2D eigenvalue weighted by molar-refractivity contribution is 9.10. The van der Waals surface area contributed by atoms with Gasteiger partial charge >= 0.3 is 0 Å². The molecule has 7 heteroatoms. The fourth-order valence-electron chi connectivity index (χ4n) is 1.94. The van der Waals surface area contributed by atoms with Gasteiger partial charge in [0.05, 0.1) is 19.3 Å². The Hall–Kier alpha value is -0.760. The maximum Gasteiger partial charge on any atom is 0.200 e. The summed E-state index contributed by atoms with van der Waals surface area (Å²) in [5.74, 6) is -2.24. The van der Waals surface area contributed by atoms with Crippen LogP contribution in [0.4, 0.5) is 8.78 Å². The van der Waals surface area contributed by atoms with Crippen LogP contribution in [0.3, 0.4) is 0 Å². The molecule has 0 aromatic heterocycles. The molecule has 0 bridgehead atoms. The zero-order chi connectivity index (χ0) is 14.7. The predicted molar refractivity (Wildman–Crippen MR) is 70.7 cm³/mol. The molecule has 20 heavy (non-hydrogen) atoms. The van der Waals surface area contributed by atoms with E-state index in [-0.39, 0.29) is 5.75 Å². The van der Waals surface area contributed by atoms with Crippen molar-refractivity contribution in [2.45, 2.75) is 24.7 Å². The summed E-state index contributed by atoms with van der Waals surface area (Å²) < 4.78 is 42.8. The first-order valence-electron chi connectivity index (χ1n) is 6.12. The standard InChI is InChI=1S/C13H15BrF2O4/c1-18-2-3-19-13-9(17)6-11(13)20-10-5-7(14)4-8(15)12(10)16/h4-5,9,11,13,17H,2-3,6H2,1H3. The lowest BCUT2D eigenvalue weighted by Crippen LogP contribution is -2.55. The second-order valence-corrected chi connectivity index (χ2v) is 5.40. The Kier molecular flexibility index (Phi) is 5.31. The van der Waals surface area contributed by atoms with E-state index >= 15 is 0 Å². The van der Waals surface area contributed by atoms with Gasteiger partial charge in [-0.15, -0.1) is 0 Å². The van der Waals surface area contributed by atoms with E-state index in [1.165, 1.54) is 13.2 Å². The monoisotopic (exact) mass is 352 g/mol. The van der Waals surface area contributed by atoms with Gasteiger partial charge in [-0.2, -0.15) is 4.39 Å². The Morgan fingerprint density at radius 3 is 2.75 bits per heavy atom. The Labute approximate surface area is 123 Å². The number of hydrogen-bond acceptors (Lipinski definition) is 4. The molecular weight excluding hydrogens is 338 g/mol. The molecule has 1 N–H and O–H groups in total. The van der Waals surface area contributed by atoms with Crippen LogP contribution >= 0.6 is 15.9 Å². The third-order valence-corrected chi connectivity index (χ3v) is 3.51. The molecule has 0 radical (unpaired) electrons. The topological polar surface area (TPSA) is 47.9 Å². The van der Waals surface area contributed by atoms with Crippen molar-refractivity contribution < 1.29 is 28.1 Å². The molecule has 0 heterocycles. The molecule has 1 aromatic carbocycles. The maximum atomic E-state index is 13.6. The number of methoxy groups -OCH3 is 1. The highest BCUT2D eigenvalue weighted by atomic mass is 79.9. The lowest BCUT2D eigenvalue weighted by molar-refractivity contribution is -0.167. The van der Waals surface area contributed by atoms with Gasteiger partial charge in [0.2, 0.25) is 5.82 Å². The van der Waals surface area contributed by atoms with E-state index in [0.717, 1.165) is 6.07 Å². The predicted octanol–water partition coefficient (Wildman–Crippen LogP) is 2.27. The van der Waals surface area contributed by atoms with Crippen molar-refractivity contribution in [2.75, 3.05) is 20.3 Å². The second-order valence-electron chi connectivity index (χ2n) is 4.49. The highest BCUT2D eigenvalue weighted by Gasteiger charge is 2.43. The lowest BCUT2D eigenvalue weighted by Gasteiger charge is -2.40. The highest BCUT2D eigenvalue weighted by Crippen LogP contribution is 2.32. The fraction of sp³-hybridized carbons (Fsp3) is 0.538. The molecular formula is C13H15BrF2O4. The quantitative estimate of drug-likeness (QED) is 0.630. The third-order valence-electron chi connectivity index (χ3n) is 3.06. The molecule has 1 fully saturated rings. The zero-order valence-electron chi connectivity index (χ0n) is 10.8. The number of aliphatic hydroxyl groups is 1. The van der Waals surface area contributed by atoms with E-state index in [0.29, 0.717) is 24.1 Å². The molecule has 1 aromatic rings. The summed E-state index contributed by atoms with van der Waals surface area (Å²) in [5.41, 5.74) is 0. The van der Waals surface area contributed by atoms with Crippen LogP contribution in [0.2, 0.25) is 0 Å². The van der Waals surface area contributed by atoms with Crippen LogP contribution in [-0.4, -0.2) is 43.7 Å². The Balaban J connectivity index is 1.99. The van der Waals surface area contributed by atoms with Gasteiger partial charge in [0, 0.05) is 18.0 Å². The first-order valence-corrected chi connectivity index (χ1v) is 6.92. The molecule has 1 saturated carbocycles. The normalized spacial score (nSPS) is 25.4. The smallest absolute Gasteiger partial charge is 0.200 e. The van der Waals surface area contributed by atoms with E-state index < -0.39 is 29.9 Å². The number of aliphatic hydroxyl groups excluding tert-OH is 1. The maximum absolute atomic E-state index is 13.6. The van der Waals surface area contributed by atoms with Gasteiger partial charge < -0.3 is 19.3 Å². The van der Waals surface area contributed by atoms with Crippen molar-refractivity contribution in [3.63, 3.8) is 0 Å². The SMILES string of the molecule is COCCOC1C(O)CC1Oc1cc(Br)cc(F)c1F. The molecule has 0 aliphatic heterocycles. The second kappa shape index (κ2) is 6.80. The van der Waals surface area contributed by atoms with Crippen LogP contribution in [0, 0.1) is 11.6 Å². The van der Waals surface area contributed by atoms with Crippen molar-refractivity contribution >= 4 is 15.9 Å². The van der Waals surface area contributed by atoms with Crippen molar-refractivity contribution in [3.8, 4) is 5.75 Å². The summed E-state index contributed by atoms with van der Waals surface area (Å²) in [6.07, 6.45) is -1.43. The summed E-state index contributed by atoms with van der Waals surface area (Å²) in [5, 5.41) is 9.61. The first-order chi connectivity index (χ1) is 9.52. The summed E-state index contributed by atoms with van der Waals surface area (Å²) in [7, 11) is 1.54. The first kappa shape index (κ1) is 15.6. The van der Waals surface area contributed by atoms with Gasteiger partial charge in [-0.25, -0.2) is 4.39 Å². The number of ether oxygens (including phenoxy) is 3. The van der Waals surface area contributed by atoms with Gasteiger partial charge in [-0.05, 0) is 12.1 Å². The molecule has 0 saturated heterocycles. The molecule has 3 atom stereocenters. The molecule has 4 nitrogen and oxygen atoms in total. The van der Waals surface area contributed by atoms with E-state index in [1.54, 1.807) is 0 Å². The zero-order valence-corrected chi connectivity index (χ0v) is 12.4. The van der Waals surface area contributed by atoms with E-state index in [9.17, 15) is 13.9 Å². The lowest BCUT2D eigenvalue weighted by atomic mass is 9.88. The minimum Gasteiger partial charge on any atom is -0.484 e. The summed E-state index contributed by atoms with van der Waals surface area (Å²) in [6.45, 7) is 0.684. The van der Waals surface area contributed by atoms with E-state index in [1.807, 2.05) is 0 Å². The Bertz CT molecular complexity index is 472. The van der Waals surface area contributed by atoms with E-state index in [2.05, 4.69) is 15.9 Å². The van der Waals surface area contributed by atoms with Crippen LogP contribution in [0.25, 0.3) is 0 Å². The van der Waals surface area contributed by atoms with Crippen LogP contribution < -0.4 is 4.74 Å². The minimum atomic E-state index is -1.05. The molecule has 0 amide bonds. The molecule has 3 unspecified atom stereocenters. The Morgan fingerprint density at radius 1 is 1.35 bits per heavy atom. The van der Waals surface area contributed by atoms with Crippen molar-refractivity contribution in [3.05, 3.63) is 28.2 Å². The van der Waals surface area contributed by atoms with Crippen LogP contribution in [0.5, 0.6) is 5.75 Å². The fourth-order valence-corrected chi connectivity index (χ4v) is 2.35. The van der Waals surface area contributed by atoms with Gasteiger partial charge in [0.1, 0.15) is 12.2 Å². The van der Waals surface area contributed by atoms with Crippen LogP contribution in [0.15, 0.2) is 16.6 Å². The van der Waals surface area contributed by atoms with Gasteiger partial charge in [-0.1, -0.05) is 15.9 Å². The summed E-state index contributed by atoms with van der Waals surface area (Å²) >= 11 is 3.07. The summed E-state index contributed by atoms with van der Waals surface area (Å²) in [4.78, 5) is 0. The van der Waals surface area contributed by atoms with Crippen molar-refractivity contribution in [1.29, 1.82) is 0 Å². The average molecular weight is 353 g/mol. The van der Waals surface area contributed by atoms with Crippen molar-refractivity contribution in [2.24, 2.45) is 0 Å². The van der Waals surface area contributed by atoms with Crippen molar-refractivity contribution in [1.82, 2.24) is 0 Å². The Morgan fingerprint density at radius 2 is 2.10 bits per heavy atom. The largest absolute Gasteiger partial charge is 0.484 e. The molecule has 1 aliphatic carbocycles. The van der Waals surface area contributed by atoms with Crippen LogP contribution in [-0.2, 0) is 9.47 Å². The third kappa shape index (κ3) is 3.46. The summed E-state index contributed by atoms with van der Waals surface area (Å²) in [6, 6.07) is 2.36.